The molecule has 52 heavy (non-hydrogen) atoms. The summed E-state index contributed by atoms with van der Waals surface area (Å²) in [6.07, 6.45) is 5.14. The first-order valence-corrected chi connectivity index (χ1v) is 19.4. The molecule has 3 aliphatic heterocycles. The van der Waals surface area contributed by atoms with E-state index in [1.165, 1.54) is 0 Å². The highest BCUT2D eigenvalue weighted by Gasteiger charge is 2.78. The van der Waals surface area contributed by atoms with Crippen LogP contribution in [0.3, 0.4) is 0 Å². The van der Waals surface area contributed by atoms with Crippen molar-refractivity contribution in [2.24, 2.45) is 11.8 Å². The predicted octanol–water partition coefficient (Wildman–Crippen LogP) is 6.35. The van der Waals surface area contributed by atoms with Crippen LogP contribution in [-0.4, -0.2) is 87.0 Å². The average Bonchev–Trinajstić information content (AvgIpc) is 3.74. The number of aliphatic hydroxyl groups is 1. The number of rotatable bonds is 16. The number of amides is 3. The van der Waals surface area contributed by atoms with Crippen LogP contribution in [0.1, 0.15) is 44.7 Å². The molecule has 3 amide bonds. The summed E-state index contributed by atoms with van der Waals surface area (Å²) in [7, 11) is 0. The van der Waals surface area contributed by atoms with E-state index < -0.39 is 33.4 Å². The summed E-state index contributed by atoms with van der Waals surface area (Å²) in [5, 5.41) is 11.0. The summed E-state index contributed by atoms with van der Waals surface area (Å²) in [5.41, 5.74) is 3.74. The van der Waals surface area contributed by atoms with Gasteiger partial charge in [-0.1, -0.05) is 72.8 Å². The molecule has 3 heterocycles. The molecule has 0 saturated carbocycles. The van der Waals surface area contributed by atoms with Crippen molar-refractivity contribution in [2.45, 2.75) is 68.2 Å². The Morgan fingerprint density at radius 2 is 1.48 bits per heavy atom. The van der Waals surface area contributed by atoms with E-state index in [1.54, 1.807) is 38.6 Å². The molecular formula is C43H52N4O4S. The number of nitrogens with zero attached hydrogens (tertiary/aromatic N) is 4. The first-order valence-electron chi connectivity index (χ1n) is 18.5. The average molecular weight is 721 g/mol. The number of carbonyl (C=O) groups excluding carboxylic acids is 3. The molecule has 2 bridgehead atoms. The topological polar surface area (TPSA) is 84.4 Å². The molecule has 3 aliphatic rings. The van der Waals surface area contributed by atoms with Gasteiger partial charge in [0.05, 0.1) is 29.2 Å². The van der Waals surface area contributed by atoms with Crippen LogP contribution in [0.25, 0.3) is 0 Å². The molecule has 0 aliphatic carbocycles. The predicted molar refractivity (Wildman–Crippen MR) is 211 cm³/mol. The molecule has 2 unspecified atom stereocenters. The Hall–Kier alpha value is -4.34. The Morgan fingerprint density at radius 3 is 2.06 bits per heavy atom. The van der Waals surface area contributed by atoms with Crippen LogP contribution < -0.4 is 9.80 Å². The Morgan fingerprint density at radius 1 is 0.885 bits per heavy atom. The lowest BCUT2D eigenvalue weighted by atomic mass is 9.66. The van der Waals surface area contributed by atoms with Crippen molar-refractivity contribution in [2.75, 3.05) is 42.6 Å². The summed E-state index contributed by atoms with van der Waals surface area (Å²) in [6, 6.07) is 26.1. The van der Waals surface area contributed by atoms with Crippen molar-refractivity contribution < 1.29 is 19.5 Å². The Bertz CT molecular complexity index is 1750. The zero-order chi connectivity index (χ0) is 37.0. The molecule has 9 heteroatoms. The molecule has 3 saturated heterocycles. The molecule has 0 radical (unpaired) electrons. The number of thioether (sulfide) groups is 1. The van der Waals surface area contributed by atoms with Crippen LogP contribution in [0, 0.1) is 11.8 Å². The van der Waals surface area contributed by atoms with Gasteiger partial charge in [-0.25, -0.2) is 0 Å². The lowest BCUT2D eigenvalue weighted by Crippen LogP contribution is -2.58. The van der Waals surface area contributed by atoms with Gasteiger partial charge in [-0.2, -0.15) is 0 Å². The Kier molecular flexibility index (Phi) is 11.3. The zero-order valence-electron chi connectivity index (χ0n) is 30.7. The molecule has 1 spiro atoms. The monoisotopic (exact) mass is 720 g/mol. The maximum absolute atomic E-state index is 15.3. The van der Waals surface area contributed by atoms with Gasteiger partial charge in [0.1, 0.15) is 6.04 Å². The van der Waals surface area contributed by atoms with Gasteiger partial charge in [0.15, 0.2) is 0 Å². The molecule has 6 rings (SSSR count). The Labute approximate surface area is 313 Å². The van der Waals surface area contributed by atoms with E-state index in [-0.39, 0.29) is 30.9 Å². The first-order chi connectivity index (χ1) is 25.2. The molecule has 8 nitrogen and oxygen atoms in total. The van der Waals surface area contributed by atoms with E-state index in [0.29, 0.717) is 38.0 Å². The second kappa shape index (κ2) is 15.7. The lowest BCUT2D eigenvalue weighted by molar-refractivity contribution is -0.146. The van der Waals surface area contributed by atoms with Gasteiger partial charge >= 0.3 is 0 Å². The maximum Gasteiger partial charge on any atom is 0.251 e. The minimum Gasteiger partial charge on any atom is -0.394 e. The number of hydrogen-bond acceptors (Lipinski definition) is 6. The van der Waals surface area contributed by atoms with E-state index >= 15 is 9.59 Å². The number of hydrogen-bond donors (Lipinski definition) is 1. The summed E-state index contributed by atoms with van der Waals surface area (Å²) in [6.45, 7) is 16.7. The van der Waals surface area contributed by atoms with Gasteiger partial charge in [0, 0.05) is 48.8 Å². The largest absolute Gasteiger partial charge is 0.394 e. The van der Waals surface area contributed by atoms with Crippen LogP contribution in [-0.2, 0) is 27.3 Å². The highest BCUT2D eigenvalue weighted by atomic mass is 32.2. The summed E-state index contributed by atoms with van der Waals surface area (Å²) in [4.78, 5) is 52.8. The van der Waals surface area contributed by atoms with E-state index in [0.717, 1.165) is 29.9 Å². The van der Waals surface area contributed by atoms with Gasteiger partial charge in [0.2, 0.25) is 11.8 Å². The minimum atomic E-state index is -0.889. The van der Waals surface area contributed by atoms with Crippen LogP contribution >= 0.6 is 11.8 Å². The molecule has 3 aromatic carbocycles. The van der Waals surface area contributed by atoms with Gasteiger partial charge in [-0.05, 0) is 75.4 Å². The SMILES string of the molecule is C=CCN(Cc1ccccc1)C(=O)[C@@H]1[C@H]2C(=O)N([C@@H](CO)Cc3ccccc3)C(C(=O)N(CC=C)c3ccc(N(CC)CC)cc3)C23CC[C@@]1(C)S3. The van der Waals surface area contributed by atoms with Gasteiger partial charge < -0.3 is 24.7 Å². The number of carbonyl (C=O) groups is 3. The van der Waals surface area contributed by atoms with E-state index in [9.17, 15) is 9.90 Å². The van der Waals surface area contributed by atoms with E-state index in [1.807, 2.05) is 84.9 Å². The van der Waals surface area contributed by atoms with Crippen LogP contribution in [0.15, 0.2) is 110 Å². The third-order valence-corrected chi connectivity index (χ3v) is 13.4. The van der Waals surface area contributed by atoms with Crippen molar-refractivity contribution in [3.05, 3.63) is 121 Å². The fraction of sp³-hybridized carbons (Fsp3) is 0.419. The fourth-order valence-electron chi connectivity index (χ4n) is 8.97. The van der Waals surface area contributed by atoms with Gasteiger partial charge in [-0.15, -0.1) is 24.9 Å². The Balaban J connectivity index is 1.43. The molecular weight excluding hydrogens is 669 g/mol. The zero-order valence-corrected chi connectivity index (χ0v) is 31.5. The number of benzene rings is 3. The summed E-state index contributed by atoms with van der Waals surface area (Å²) in [5.74, 6) is -1.89. The molecule has 3 aromatic rings. The third-order valence-electron chi connectivity index (χ3n) is 11.4. The smallest absolute Gasteiger partial charge is 0.251 e. The number of anilines is 2. The van der Waals surface area contributed by atoms with E-state index in [2.05, 4.69) is 38.8 Å². The molecule has 0 aromatic heterocycles. The second-order valence-corrected chi connectivity index (χ2v) is 16.3. The second-order valence-electron chi connectivity index (χ2n) is 14.4. The summed E-state index contributed by atoms with van der Waals surface area (Å²) >= 11 is 1.65. The van der Waals surface area contributed by atoms with Crippen LogP contribution in [0.2, 0.25) is 0 Å². The van der Waals surface area contributed by atoms with Crippen LogP contribution in [0.5, 0.6) is 0 Å². The molecule has 6 atom stereocenters. The van der Waals surface area contributed by atoms with Gasteiger partial charge in [0.25, 0.3) is 5.91 Å². The standard InChI is InChI=1S/C43H52N4O4S/c1-6-26-45(29-32-18-14-11-15-19-32)39(49)36-37-40(50)47(35(30-48)28-31-16-12-10-13-17-31)38(43(37)25-24-42(36,5)52-43)41(51)46(27-7-2)34-22-20-33(21-23-34)44(8-3)9-4/h6-7,10-23,35-38,48H,1-2,8-9,24-30H2,3-5H3/t35-,36+,37+,38?,42-,43?/m1/s1. The highest BCUT2D eigenvalue weighted by molar-refractivity contribution is 8.02. The third kappa shape index (κ3) is 6.69. The van der Waals surface area contributed by atoms with Crippen molar-refractivity contribution in [1.82, 2.24) is 9.80 Å². The summed E-state index contributed by atoms with van der Waals surface area (Å²) < 4.78 is -1.39. The first kappa shape index (κ1) is 37.4. The fourth-order valence-corrected chi connectivity index (χ4v) is 11.3. The molecule has 274 valence electrons. The number of aliphatic hydroxyl groups excluding tert-OH is 1. The van der Waals surface area contributed by atoms with Crippen LogP contribution in [0.4, 0.5) is 11.4 Å². The van der Waals surface area contributed by atoms with Gasteiger partial charge in [-0.3, -0.25) is 14.4 Å². The number of likely N-dealkylation sites (tertiary alicyclic amines) is 1. The normalized spacial score (nSPS) is 25.0. The number of fused-ring (bicyclic) bond motifs is 1. The van der Waals surface area contributed by atoms with Crippen molar-refractivity contribution in [3.63, 3.8) is 0 Å². The molecule has 1 N–H and O–H groups in total. The molecule has 3 fully saturated rings. The van der Waals surface area contributed by atoms with Crippen molar-refractivity contribution in [3.8, 4) is 0 Å². The maximum atomic E-state index is 15.3. The minimum absolute atomic E-state index is 0.0923. The quantitative estimate of drug-likeness (QED) is 0.174. The van der Waals surface area contributed by atoms with Crippen molar-refractivity contribution in [1.29, 1.82) is 0 Å². The van der Waals surface area contributed by atoms with E-state index in [4.69, 9.17) is 0 Å². The lowest BCUT2D eigenvalue weighted by Gasteiger charge is -2.40. The highest BCUT2D eigenvalue weighted by Crippen LogP contribution is 2.72. The van der Waals surface area contributed by atoms with Crippen molar-refractivity contribution >= 4 is 40.9 Å².